The molecule has 0 saturated carbocycles. The number of fused-ring (bicyclic) bond motifs is 1. The standard InChI is InChI=1S/C30H27BrClN3O3/c1-6-12-38-28-20(14-21(32)15-25(28)31)17-33-35-29(34-26-11-9-8-10-22(26)30(35)36)24-16-23(18(3)4)27(37-7-2)13-19(24)5/h1,8-11,13-18H,7,12H2,2-5H3. The molecule has 0 bridgehead atoms. The fourth-order valence-electron chi connectivity index (χ4n) is 4.14. The maximum atomic E-state index is 13.7. The van der Waals surface area contributed by atoms with Gasteiger partial charge in [0.15, 0.2) is 5.82 Å². The summed E-state index contributed by atoms with van der Waals surface area (Å²) in [5, 5.41) is 5.53. The van der Waals surface area contributed by atoms with Crippen LogP contribution in [0, 0.1) is 19.3 Å². The van der Waals surface area contributed by atoms with E-state index in [1.165, 1.54) is 10.9 Å². The Labute approximate surface area is 235 Å². The maximum absolute atomic E-state index is 13.7. The van der Waals surface area contributed by atoms with Crippen molar-refractivity contribution in [3.05, 3.63) is 85.1 Å². The van der Waals surface area contributed by atoms with Gasteiger partial charge in [-0.25, -0.2) is 4.98 Å². The zero-order valence-corrected chi connectivity index (χ0v) is 23.9. The summed E-state index contributed by atoms with van der Waals surface area (Å²) < 4.78 is 13.6. The van der Waals surface area contributed by atoms with Crippen molar-refractivity contribution in [2.45, 2.75) is 33.6 Å². The Kier molecular flexibility index (Phi) is 8.55. The highest BCUT2D eigenvalue weighted by Crippen LogP contribution is 2.35. The van der Waals surface area contributed by atoms with Crippen molar-refractivity contribution in [3.63, 3.8) is 0 Å². The van der Waals surface area contributed by atoms with Crippen LogP contribution in [0.2, 0.25) is 5.02 Å². The van der Waals surface area contributed by atoms with Crippen LogP contribution in [0.3, 0.4) is 0 Å². The molecule has 4 rings (SSSR count). The number of aromatic nitrogens is 2. The molecule has 0 amide bonds. The molecule has 0 aliphatic heterocycles. The van der Waals surface area contributed by atoms with Crippen molar-refractivity contribution in [2.75, 3.05) is 13.2 Å². The van der Waals surface area contributed by atoms with Crippen LogP contribution in [0.15, 0.2) is 62.9 Å². The van der Waals surface area contributed by atoms with Crippen LogP contribution in [0.5, 0.6) is 11.5 Å². The molecule has 0 unspecified atom stereocenters. The third kappa shape index (κ3) is 5.62. The maximum Gasteiger partial charge on any atom is 0.282 e. The van der Waals surface area contributed by atoms with Crippen molar-refractivity contribution in [2.24, 2.45) is 5.10 Å². The topological polar surface area (TPSA) is 65.7 Å². The number of benzene rings is 3. The number of halogens is 2. The highest BCUT2D eigenvalue weighted by molar-refractivity contribution is 9.10. The van der Waals surface area contributed by atoms with Crippen LogP contribution < -0.4 is 15.0 Å². The zero-order chi connectivity index (χ0) is 27.4. The zero-order valence-electron chi connectivity index (χ0n) is 21.6. The predicted octanol–water partition coefficient (Wildman–Crippen LogP) is 7.20. The minimum Gasteiger partial charge on any atom is -0.494 e. The molecular formula is C30H27BrClN3O3. The minimum atomic E-state index is -0.298. The smallest absolute Gasteiger partial charge is 0.282 e. The van der Waals surface area contributed by atoms with E-state index in [1.807, 2.05) is 38.1 Å². The summed E-state index contributed by atoms with van der Waals surface area (Å²) in [6.45, 7) is 8.75. The van der Waals surface area contributed by atoms with Gasteiger partial charge in [0.05, 0.1) is 28.2 Å². The quantitative estimate of drug-likeness (QED) is 0.160. The molecule has 0 spiro atoms. The van der Waals surface area contributed by atoms with E-state index in [0.29, 0.717) is 44.1 Å². The van der Waals surface area contributed by atoms with Gasteiger partial charge in [0.2, 0.25) is 0 Å². The molecule has 3 aromatic carbocycles. The fraction of sp³-hybridized carbons (Fsp3) is 0.233. The van der Waals surface area contributed by atoms with Crippen LogP contribution >= 0.6 is 27.5 Å². The van der Waals surface area contributed by atoms with Crippen molar-refractivity contribution in [3.8, 4) is 35.2 Å². The molecule has 194 valence electrons. The first kappa shape index (κ1) is 27.4. The van der Waals surface area contributed by atoms with E-state index < -0.39 is 0 Å². The predicted molar refractivity (Wildman–Crippen MR) is 158 cm³/mol. The Balaban J connectivity index is 1.98. The SMILES string of the molecule is C#CCOc1c(Br)cc(Cl)cc1C=Nn1c(-c2cc(C(C)C)c(OCC)cc2C)nc2ccccc2c1=O. The van der Waals surface area contributed by atoms with Crippen molar-refractivity contribution in [1.29, 1.82) is 0 Å². The van der Waals surface area contributed by atoms with Crippen molar-refractivity contribution in [1.82, 2.24) is 9.66 Å². The minimum absolute atomic E-state index is 0.0627. The molecule has 0 fully saturated rings. The van der Waals surface area contributed by atoms with Gasteiger partial charge in [-0.15, -0.1) is 6.42 Å². The second kappa shape index (κ2) is 11.8. The highest BCUT2D eigenvalue weighted by Gasteiger charge is 2.19. The average Bonchev–Trinajstić information content (AvgIpc) is 2.87. The van der Waals surface area contributed by atoms with E-state index in [4.69, 9.17) is 32.5 Å². The van der Waals surface area contributed by atoms with Gasteiger partial charge in [0.1, 0.15) is 18.1 Å². The third-order valence-corrected chi connectivity index (χ3v) is 6.73. The van der Waals surface area contributed by atoms with Gasteiger partial charge < -0.3 is 9.47 Å². The molecule has 0 radical (unpaired) electrons. The first-order valence-electron chi connectivity index (χ1n) is 12.1. The summed E-state index contributed by atoms with van der Waals surface area (Å²) in [7, 11) is 0. The molecule has 0 saturated heterocycles. The fourth-order valence-corrected chi connectivity index (χ4v) is 5.09. The normalized spacial score (nSPS) is 11.3. The number of hydrogen-bond donors (Lipinski definition) is 0. The van der Waals surface area contributed by atoms with E-state index in [1.54, 1.807) is 24.3 Å². The van der Waals surface area contributed by atoms with Crippen LogP contribution in [0.1, 0.15) is 43.4 Å². The Morgan fingerprint density at radius 2 is 1.97 bits per heavy atom. The lowest BCUT2D eigenvalue weighted by Gasteiger charge is -2.18. The number of aryl methyl sites for hydroxylation is 1. The Hall–Kier alpha value is -3.60. The monoisotopic (exact) mass is 591 g/mol. The van der Waals surface area contributed by atoms with E-state index in [0.717, 1.165) is 22.4 Å². The second-order valence-corrected chi connectivity index (χ2v) is 10.2. The molecule has 4 aromatic rings. The summed E-state index contributed by atoms with van der Waals surface area (Å²) >= 11 is 9.77. The van der Waals surface area contributed by atoms with Gasteiger partial charge in [0.25, 0.3) is 5.56 Å². The molecule has 1 aromatic heterocycles. The molecule has 6 nitrogen and oxygen atoms in total. The van der Waals surface area contributed by atoms with E-state index in [-0.39, 0.29) is 18.1 Å². The van der Waals surface area contributed by atoms with Crippen LogP contribution in [0.4, 0.5) is 0 Å². The molecule has 0 atom stereocenters. The number of ether oxygens (including phenoxy) is 2. The van der Waals surface area contributed by atoms with Gasteiger partial charge in [-0.1, -0.05) is 43.5 Å². The van der Waals surface area contributed by atoms with Gasteiger partial charge >= 0.3 is 0 Å². The molecule has 1 heterocycles. The van der Waals surface area contributed by atoms with Gasteiger partial charge in [-0.2, -0.15) is 9.78 Å². The molecule has 0 N–H and O–H groups in total. The number of rotatable bonds is 8. The van der Waals surface area contributed by atoms with Crippen LogP contribution in [-0.4, -0.2) is 29.1 Å². The van der Waals surface area contributed by atoms with E-state index >= 15 is 0 Å². The number of para-hydroxylation sites is 1. The lowest BCUT2D eigenvalue weighted by molar-refractivity contribution is 0.335. The number of hydrogen-bond acceptors (Lipinski definition) is 5. The number of nitrogens with zero attached hydrogens (tertiary/aromatic N) is 3. The third-order valence-electron chi connectivity index (χ3n) is 5.92. The van der Waals surface area contributed by atoms with Gasteiger partial charge in [-0.3, -0.25) is 4.79 Å². The summed E-state index contributed by atoms with van der Waals surface area (Å²) in [5.74, 6) is 4.36. The van der Waals surface area contributed by atoms with Gasteiger partial charge in [-0.05, 0) is 83.2 Å². The number of terminal acetylenes is 1. The second-order valence-electron chi connectivity index (χ2n) is 8.91. The van der Waals surface area contributed by atoms with E-state index in [2.05, 4.69) is 40.8 Å². The van der Waals surface area contributed by atoms with E-state index in [9.17, 15) is 4.79 Å². The molecule has 0 aliphatic rings. The van der Waals surface area contributed by atoms with Gasteiger partial charge in [0, 0.05) is 16.1 Å². The van der Waals surface area contributed by atoms with Crippen molar-refractivity contribution >= 4 is 44.6 Å². The largest absolute Gasteiger partial charge is 0.494 e. The van der Waals surface area contributed by atoms with Crippen LogP contribution in [-0.2, 0) is 0 Å². The highest BCUT2D eigenvalue weighted by atomic mass is 79.9. The Bertz CT molecular complexity index is 1640. The summed E-state index contributed by atoms with van der Waals surface area (Å²) in [6, 6.07) is 14.6. The Morgan fingerprint density at radius 3 is 2.68 bits per heavy atom. The summed E-state index contributed by atoms with van der Waals surface area (Å²) in [6.07, 6.45) is 6.92. The average molecular weight is 593 g/mol. The van der Waals surface area contributed by atoms with Crippen LogP contribution in [0.25, 0.3) is 22.3 Å². The first-order valence-corrected chi connectivity index (χ1v) is 13.3. The first-order chi connectivity index (χ1) is 18.2. The molecule has 0 aliphatic carbocycles. The Morgan fingerprint density at radius 1 is 1.21 bits per heavy atom. The molecule has 38 heavy (non-hydrogen) atoms. The molecule has 8 heteroatoms. The summed E-state index contributed by atoms with van der Waals surface area (Å²) in [4.78, 5) is 18.6. The van der Waals surface area contributed by atoms with Crippen molar-refractivity contribution < 1.29 is 9.47 Å². The lowest BCUT2D eigenvalue weighted by Crippen LogP contribution is -2.21. The molecular weight excluding hydrogens is 566 g/mol. The summed E-state index contributed by atoms with van der Waals surface area (Å²) in [5.41, 5.74) is 3.56. The lowest BCUT2D eigenvalue weighted by atomic mass is 9.96.